The third-order valence-electron chi connectivity index (χ3n) is 6.42. The van der Waals surface area contributed by atoms with Crippen molar-refractivity contribution in [2.75, 3.05) is 17.7 Å². The SMILES string of the molecule is COC(=O)Cc1ccc(-c2csc(NCc3ccccc3)n2)s1.O=C(Cc1ccc(-c2csc(NCc3ccccc3)n2)s1)NO. The molecule has 0 unspecified atom stereocenters. The molecule has 0 spiro atoms. The van der Waals surface area contributed by atoms with E-state index in [9.17, 15) is 9.59 Å². The van der Waals surface area contributed by atoms with E-state index in [1.807, 2.05) is 71.4 Å². The lowest BCUT2D eigenvalue weighted by molar-refractivity contribution is -0.139. The van der Waals surface area contributed by atoms with Crippen molar-refractivity contribution in [1.82, 2.24) is 15.4 Å². The van der Waals surface area contributed by atoms with Crippen LogP contribution in [-0.2, 0) is 40.3 Å². The first kappa shape index (κ1) is 33.0. The first-order chi connectivity index (χ1) is 22.5. The van der Waals surface area contributed by atoms with Crippen molar-refractivity contribution in [2.24, 2.45) is 0 Å². The molecule has 0 fully saturated rings. The largest absolute Gasteiger partial charge is 0.469 e. The molecule has 46 heavy (non-hydrogen) atoms. The van der Waals surface area contributed by atoms with Gasteiger partial charge in [-0.25, -0.2) is 15.4 Å². The number of methoxy groups -OCH3 is 1. The summed E-state index contributed by atoms with van der Waals surface area (Å²) < 4.78 is 4.69. The summed E-state index contributed by atoms with van der Waals surface area (Å²) >= 11 is 6.22. The number of amides is 1. The second kappa shape index (κ2) is 16.8. The Kier molecular flexibility index (Phi) is 12.0. The first-order valence-corrected chi connectivity index (χ1v) is 17.5. The minimum Gasteiger partial charge on any atom is -0.469 e. The molecule has 0 radical (unpaired) electrons. The molecule has 6 rings (SSSR count). The van der Waals surface area contributed by atoms with Crippen LogP contribution in [0.25, 0.3) is 21.1 Å². The topological polar surface area (TPSA) is 125 Å². The number of benzene rings is 2. The maximum Gasteiger partial charge on any atom is 0.310 e. The van der Waals surface area contributed by atoms with Crippen molar-refractivity contribution in [3.8, 4) is 21.1 Å². The number of anilines is 2. The average Bonchev–Trinajstić information content (AvgIpc) is 3.92. The van der Waals surface area contributed by atoms with Gasteiger partial charge in [0.25, 0.3) is 0 Å². The highest BCUT2D eigenvalue weighted by molar-refractivity contribution is 7.17. The number of nitrogens with one attached hydrogen (secondary N) is 3. The number of hydrogen-bond acceptors (Lipinski definition) is 12. The minimum absolute atomic E-state index is 0.171. The summed E-state index contributed by atoms with van der Waals surface area (Å²) in [6.07, 6.45) is 0.481. The van der Waals surface area contributed by atoms with E-state index in [0.717, 1.165) is 54.2 Å². The van der Waals surface area contributed by atoms with Crippen LogP contribution in [0.2, 0.25) is 0 Å². The quantitative estimate of drug-likeness (QED) is 0.0585. The molecule has 9 nitrogen and oxygen atoms in total. The Morgan fingerprint density at radius 2 is 1.17 bits per heavy atom. The number of aromatic nitrogens is 2. The highest BCUT2D eigenvalue weighted by atomic mass is 32.1. The van der Waals surface area contributed by atoms with Crippen molar-refractivity contribution >= 4 is 67.5 Å². The maximum atomic E-state index is 11.3. The van der Waals surface area contributed by atoms with Crippen molar-refractivity contribution < 1.29 is 19.5 Å². The average molecular weight is 690 g/mol. The Hall–Kier alpha value is -4.40. The Balaban J connectivity index is 0.000000181. The standard InChI is InChI=1S/C17H16N2O2S2.C16H15N3O2S2/c1-21-16(20)9-13-7-8-15(23-13)14-11-22-17(19-14)18-10-12-5-3-2-4-6-12;20-15(19-21)8-12-6-7-14(23-12)13-10-22-16(18-13)17-9-11-4-2-1-3-5-11/h2-8,11H,9-10H2,1H3,(H,18,19);1-7,10,21H,8-9H2,(H,17,18)(H,19,20). The number of hydroxylamine groups is 1. The fourth-order valence-corrected chi connectivity index (χ4v) is 7.61. The van der Waals surface area contributed by atoms with Crippen molar-refractivity contribution in [3.05, 3.63) is 117 Å². The predicted molar refractivity (Wildman–Crippen MR) is 188 cm³/mol. The summed E-state index contributed by atoms with van der Waals surface area (Å²) in [6.45, 7) is 1.49. The summed E-state index contributed by atoms with van der Waals surface area (Å²) in [5.41, 5.74) is 5.90. The molecule has 6 aromatic rings. The normalized spacial score (nSPS) is 10.5. The summed E-state index contributed by atoms with van der Waals surface area (Å²) in [4.78, 5) is 35.6. The van der Waals surface area contributed by atoms with Crippen LogP contribution < -0.4 is 16.1 Å². The van der Waals surface area contributed by atoms with Gasteiger partial charge in [0, 0.05) is 33.6 Å². The minimum atomic E-state index is -0.415. The van der Waals surface area contributed by atoms with Crippen LogP contribution in [-0.4, -0.2) is 34.2 Å². The fraction of sp³-hybridized carbons (Fsp3) is 0.152. The molecule has 0 saturated heterocycles. The van der Waals surface area contributed by atoms with Gasteiger partial charge < -0.3 is 15.4 Å². The third-order valence-corrected chi connectivity index (χ3v) is 10.2. The van der Waals surface area contributed by atoms with E-state index in [4.69, 9.17) is 9.94 Å². The van der Waals surface area contributed by atoms with Gasteiger partial charge in [-0.15, -0.1) is 45.3 Å². The number of carbonyl (C=O) groups is 2. The Labute approximate surface area is 282 Å². The van der Waals surface area contributed by atoms with Gasteiger partial charge in [-0.1, -0.05) is 60.7 Å². The van der Waals surface area contributed by atoms with E-state index in [1.54, 1.807) is 39.5 Å². The second-order valence-electron chi connectivity index (χ2n) is 9.75. The molecule has 2 aromatic carbocycles. The van der Waals surface area contributed by atoms with Gasteiger partial charge in [-0.2, -0.15) is 0 Å². The van der Waals surface area contributed by atoms with Gasteiger partial charge in [0.1, 0.15) is 0 Å². The molecule has 0 aliphatic heterocycles. The first-order valence-electron chi connectivity index (χ1n) is 14.1. The molecule has 4 aromatic heterocycles. The van der Waals surface area contributed by atoms with E-state index in [1.165, 1.54) is 29.6 Å². The van der Waals surface area contributed by atoms with Gasteiger partial charge in [0.2, 0.25) is 5.91 Å². The molecule has 0 aliphatic rings. The predicted octanol–water partition coefficient (Wildman–Crippen LogP) is 7.73. The van der Waals surface area contributed by atoms with E-state index in [-0.39, 0.29) is 12.4 Å². The van der Waals surface area contributed by atoms with E-state index < -0.39 is 5.91 Å². The highest BCUT2D eigenvalue weighted by Gasteiger charge is 2.11. The van der Waals surface area contributed by atoms with Gasteiger partial charge in [-0.3, -0.25) is 14.8 Å². The lowest BCUT2D eigenvalue weighted by Crippen LogP contribution is -2.20. The molecule has 13 heteroatoms. The van der Waals surface area contributed by atoms with E-state index in [0.29, 0.717) is 6.42 Å². The number of thiazole rings is 2. The van der Waals surface area contributed by atoms with E-state index >= 15 is 0 Å². The van der Waals surface area contributed by atoms with Crippen LogP contribution >= 0.6 is 45.3 Å². The Morgan fingerprint density at radius 3 is 1.63 bits per heavy atom. The van der Waals surface area contributed by atoms with Crippen molar-refractivity contribution in [3.63, 3.8) is 0 Å². The monoisotopic (exact) mass is 689 g/mol. The number of nitrogens with zero attached hydrogens (tertiary/aromatic N) is 2. The Bertz CT molecular complexity index is 1700. The highest BCUT2D eigenvalue weighted by Crippen LogP contribution is 2.32. The number of thiophene rings is 2. The fourth-order valence-electron chi connectivity index (χ4n) is 4.12. The molecular formula is C33H31N5O4S4. The molecule has 236 valence electrons. The van der Waals surface area contributed by atoms with Crippen LogP contribution in [0.15, 0.2) is 95.7 Å². The summed E-state index contributed by atoms with van der Waals surface area (Å²) in [7, 11) is 1.40. The number of ether oxygens (including phenoxy) is 1. The number of esters is 1. The molecule has 4 N–H and O–H groups in total. The molecule has 1 amide bonds. The summed E-state index contributed by atoms with van der Waals surface area (Å²) in [6, 6.07) is 28.2. The van der Waals surface area contributed by atoms with Gasteiger partial charge in [0.05, 0.1) is 41.1 Å². The maximum absolute atomic E-state index is 11.3. The zero-order valence-electron chi connectivity index (χ0n) is 24.8. The van der Waals surface area contributed by atoms with Crippen molar-refractivity contribution in [1.29, 1.82) is 0 Å². The number of hydrogen-bond donors (Lipinski definition) is 4. The zero-order valence-corrected chi connectivity index (χ0v) is 28.0. The second-order valence-corrected chi connectivity index (χ2v) is 13.8. The molecule has 0 atom stereocenters. The molecular weight excluding hydrogens is 659 g/mol. The lowest BCUT2D eigenvalue weighted by Gasteiger charge is -2.01. The lowest BCUT2D eigenvalue weighted by atomic mass is 10.2. The van der Waals surface area contributed by atoms with Crippen LogP contribution in [0.4, 0.5) is 10.3 Å². The molecule has 0 aliphatic carbocycles. The zero-order chi connectivity index (χ0) is 32.1. The smallest absolute Gasteiger partial charge is 0.310 e. The van der Waals surface area contributed by atoms with Gasteiger partial charge >= 0.3 is 5.97 Å². The number of rotatable bonds is 12. The molecule has 0 saturated carbocycles. The van der Waals surface area contributed by atoms with Crippen molar-refractivity contribution in [2.45, 2.75) is 25.9 Å². The van der Waals surface area contributed by atoms with Crippen LogP contribution in [0.1, 0.15) is 20.9 Å². The van der Waals surface area contributed by atoms with Crippen LogP contribution in [0.5, 0.6) is 0 Å². The summed E-state index contributed by atoms with van der Waals surface area (Å²) in [5.74, 6) is -0.635. The molecule has 4 heterocycles. The van der Waals surface area contributed by atoms with Gasteiger partial charge in [-0.05, 0) is 35.4 Å². The van der Waals surface area contributed by atoms with Crippen LogP contribution in [0, 0.1) is 0 Å². The summed E-state index contributed by atoms with van der Waals surface area (Å²) in [5, 5.41) is 21.0. The van der Waals surface area contributed by atoms with Crippen LogP contribution in [0.3, 0.4) is 0 Å². The Morgan fingerprint density at radius 1 is 0.696 bits per heavy atom. The molecule has 0 bridgehead atoms. The third kappa shape index (κ3) is 9.80. The van der Waals surface area contributed by atoms with Gasteiger partial charge in [0.15, 0.2) is 10.3 Å². The van der Waals surface area contributed by atoms with E-state index in [2.05, 4.69) is 44.9 Å². The number of carbonyl (C=O) groups excluding carboxylic acids is 2.